The lowest BCUT2D eigenvalue weighted by Crippen LogP contribution is -2.63. The van der Waals surface area contributed by atoms with Crippen LogP contribution in [-0.2, 0) is 18.9 Å². The minimum Gasteiger partial charge on any atom is -0.412 e. The van der Waals surface area contributed by atoms with E-state index in [-0.39, 0.29) is 40.1 Å². The molecule has 360 valence electrons. The number of hydrogen-bond acceptors (Lipinski definition) is 8. The molecule has 6 N–H and O–H groups in total. The molecule has 0 radical (unpaired) electrons. The van der Waals surface area contributed by atoms with Gasteiger partial charge in [-0.2, -0.15) is 0 Å². The number of aliphatic hydroxyl groups is 4. The molecule has 4 saturated heterocycles. The highest BCUT2D eigenvalue weighted by atomic mass is 16.7. The van der Waals surface area contributed by atoms with Crippen LogP contribution in [0.5, 0.6) is 0 Å². The summed E-state index contributed by atoms with van der Waals surface area (Å²) in [7, 11) is 0. The molecule has 12 fully saturated rings. The first-order chi connectivity index (χ1) is 29.2. The number of hydrogen-bond donors (Lipinski definition) is 4. The summed E-state index contributed by atoms with van der Waals surface area (Å²) in [6, 6.07) is 0. The number of ether oxygens (including phenoxy) is 4. The third-order valence-corrected chi connectivity index (χ3v) is 24.1. The van der Waals surface area contributed by atoms with E-state index in [0.29, 0.717) is 107 Å². The first-order valence-electron chi connectivity index (χ1n) is 26.7. The molecule has 4 aliphatic heterocycles. The van der Waals surface area contributed by atoms with Crippen LogP contribution in [0, 0.1) is 92.7 Å². The maximum Gasteiger partial charge on any atom is 0.171 e. The van der Waals surface area contributed by atoms with Gasteiger partial charge in [0.2, 0.25) is 0 Å². The lowest BCUT2D eigenvalue weighted by atomic mass is 9.43. The molecule has 63 heavy (non-hydrogen) atoms. The van der Waals surface area contributed by atoms with Crippen LogP contribution in [0.25, 0.3) is 0 Å². The van der Waals surface area contributed by atoms with Crippen molar-refractivity contribution in [3.8, 4) is 0 Å². The van der Waals surface area contributed by atoms with Gasteiger partial charge in [0.15, 0.2) is 11.6 Å². The molecule has 0 amide bonds. The van der Waals surface area contributed by atoms with E-state index in [0.717, 1.165) is 77.4 Å². The third kappa shape index (κ3) is 6.36. The second kappa shape index (κ2) is 15.3. The second-order valence-electron chi connectivity index (χ2n) is 26.6. The smallest absolute Gasteiger partial charge is 0.171 e. The van der Waals surface area contributed by atoms with E-state index in [2.05, 4.69) is 55.4 Å². The largest absolute Gasteiger partial charge is 0.412 e. The Balaban J connectivity index is 0.000000147. The monoisotopic (exact) mass is 883 g/mol. The van der Waals surface area contributed by atoms with Gasteiger partial charge in [-0.05, 0) is 184 Å². The van der Waals surface area contributed by atoms with Crippen molar-refractivity contribution in [3.63, 3.8) is 0 Å². The van der Waals surface area contributed by atoms with E-state index < -0.39 is 11.2 Å². The molecule has 24 atom stereocenters. The summed E-state index contributed by atoms with van der Waals surface area (Å²) in [5.74, 6) is 6.78. The van der Waals surface area contributed by atoms with Gasteiger partial charge in [-0.25, -0.2) is 0 Å². The van der Waals surface area contributed by atoms with Crippen molar-refractivity contribution in [2.75, 3.05) is 13.2 Å². The van der Waals surface area contributed by atoms with E-state index in [9.17, 15) is 20.4 Å². The molecular weight excluding hydrogens is 793 g/mol. The molecule has 0 unspecified atom stereocenters. The van der Waals surface area contributed by atoms with Gasteiger partial charge in [-0.1, -0.05) is 55.4 Å². The van der Waals surface area contributed by atoms with Gasteiger partial charge in [0.05, 0.1) is 48.8 Å². The normalized spacial score (nSPS) is 62.3. The fourth-order valence-electron chi connectivity index (χ4n) is 20.5. The molecule has 12 rings (SSSR count). The van der Waals surface area contributed by atoms with Crippen molar-refractivity contribution in [1.29, 1.82) is 0 Å². The lowest BCUT2D eigenvalue weighted by molar-refractivity contribution is -0.274. The molecule has 9 heteroatoms. The summed E-state index contributed by atoms with van der Waals surface area (Å²) in [5, 5.41) is 43.9. The number of rotatable bonds is 0. The standard InChI is InChI=1S/2C27H44O4.H2O/c2*1-16-5-12-27(30-15-16)17(2)23-22(31-27)13-21-19-7-11-26(29)14-18(28)6-10-25(26,4)20(19)8-9-24(21,23)3;/h2*16-23,28-29H,5-15H2,1-4H3;1H2/t2*16-,17+,18+,19-,20+,21+,22+,23+,24+,25-,26-,27-;/m11./s1. The van der Waals surface area contributed by atoms with Crippen molar-refractivity contribution >= 4 is 0 Å². The zero-order chi connectivity index (χ0) is 43.6. The Labute approximate surface area is 380 Å². The predicted molar refractivity (Wildman–Crippen MR) is 242 cm³/mol. The van der Waals surface area contributed by atoms with E-state index in [1.807, 2.05) is 0 Å². The first-order valence-corrected chi connectivity index (χ1v) is 26.7. The molecule has 8 aliphatic carbocycles. The van der Waals surface area contributed by atoms with E-state index >= 15 is 0 Å². The van der Waals surface area contributed by atoms with E-state index in [1.54, 1.807) is 0 Å². The van der Waals surface area contributed by atoms with Crippen LogP contribution >= 0.6 is 0 Å². The lowest BCUT2D eigenvalue weighted by Gasteiger charge is -2.64. The minimum atomic E-state index is -0.672. The van der Waals surface area contributed by atoms with Crippen LogP contribution in [0.4, 0.5) is 0 Å². The Morgan fingerprint density at radius 1 is 0.460 bits per heavy atom. The predicted octanol–water partition coefficient (Wildman–Crippen LogP) is 8.99. The molecule has 12 aliphatic rings. The fraction of sp³-hybridized carbons (Fsp3) is 1.00. The number of fused-ring (bicyclic) bond motifs is 14. The molecule has 9 nitrogen and oxygen atoms in total. The van der Waals surface area contributed by atoms with Crippen molar-refractivity contribution in [2.24, 2.45) is 92.7 Å². The summed E-state index contributed by atoms with van der Waals surface area (Å²) in [6.07, 6.45) is 20.8. The zero-order valence-corrected chi connectivity index (χ0v) is 40.7. The average molecular weight is 883 g/mol. The second-order valence-corrected chi connectivity index (χ2v) is 26.6. The van der Waals surface area contributed by atoms with Gasteiger partial charge >= 0.3 is 0 Å². The topological polar surface area (TPSA) is 149 Å². The van der Waals surface area contributed by atoms with Crippen LogP contribution in [-0.4, -0.2) is 86.3 Å². The van der Waals surface area contributed by atoms with Gasteiger partial charge in [0.25, 0.3) is 0 Å². The number of aliphatic hydroxyl groups excluding tert-OH is 2. The highest BCUT2D eigenvalue weighted by Gasteiger charge is 2.72. The van der Waals surface area contributed by atoms with Gasteiger partial charge < -0.3 is 44.8 Å². The Morgan fingerprint density at radius 2 is 0.857 bits per heavy atom. The Bertz CT molecular complexity index is 1590. The first kappa shape index (κ1) is 46.4. The maximum absolute atomic E-state index is 11.7. The molecule has 2 spiro atoms. The Morgan fingerprint density at radius 3 is 1.22 bits per heavy atom. The van der Waals surface area contributed by atoms with Crippen LogP contribution in [0.3, 0.4) is 0 Å². The summed E-state index contributed by atoms with van der Waals surface area (Å²) in [5.41, 5.74) is -0.750. The molecule has 0 bridgehead atoms. The zero-order valence-electron chi connectivity index (χ0n) is 40.7. The van der Waals surface area contributed by atoms with Crippen LogP contribution in [0.15, 0.2) is 0 Å². The summed E-state index contributed by atoms with van der Waals surface area (Å²) >= 11 is 0. The van der Waals surface area contributed by atoms with Crippen LogP contribution in [0.2, 0.25) is 0 Å². The van der Waals surface area contributed by atoms with Crippen molar-refractivity contribution in [2.45, 2.75) is 231 Å². The summed E-state index contributed by atoms with van der Waals surface area (Å²) in [6.45, 7) is 21.0. The molecule has 4 heterocycles. The fourth-order valence-corrected chi connectivity index (χ4v) is 20.5. The highest BCUT2D eigenvalue weighted by molar-refractivity contribution is 5.20. The minimum absolute atomic E-state index is 0. The Hall–Kier alpha value is -0.360. The quantitative estimate of drug-likeness (QED) is 0.189. The van der Waals surface area contributed by atoms with Gasteiger partial charge in [0, 0.05) is 37.5 Å². The Kier molecular flexibility index (Phi) is 11.3. The molecule has 8 saturated carbocycles. The van der Waals surface area contributed by atoms with Crippen LogP contribution in [0.1, 0.15) is 184 Å². The molecule has 0 aromatic heterocycles. The molecular formula is C54H90O9. The van der Waals surface area contributed by atoms with E-state index in [4.69, 9.17) is 18.9 Å². The van der Waals surface area contributed by atoms with E-state index in [1.165, 1.54) is 51.4 Å². The SMILES string of the molecule is C[C@@H]1CC[C@@]2(OC1)O[C@H]1C[C@H]3[C@@H]4CC[C@@]5(O)C[C@@H](O)CC[C@]5(C)[C@H]4CC[C@]3(C)[C@H]1[C@@H]2C.C[C@@H]1CC[C@@]2(OC1)O[C@H]1C[C@H]3[C@@H]4CC[C@@]5(O)C[C@@H](O)CC[C@]5(C)[C@H]4CC[C@]3(C)[C@H]1[C@@H]2C.O. The third-order valence-electron chi connectivity index (χ3n) is 24.1. The van der Waals surface area contributed by atoms with Gasteiger partial charge in [-0.15, -0.1) is 0 Å². The molecule has 0 aromatic carbocycles. The van der Waals surface area contributed by atoms with Gasteiger partial charge in [-0.3, -0.25) is 0 Å². The van der Waals surface area contributed by atoms with Crippen molar-refractivity contribution in [3.05, 3.63) is 0 Å². The summed E-state index contributed by atoms with van der Waals surface area (Å²) in [4.78, 5) is 0. The average Bonchev–Trinajstić information content (AvgIpc) is 3.88. The van der Waals surface area contributed by atoms with Crippen molar-refractivity contribution < 1.29 is 44.8 Å². The molecule has 0 aromatic rings. The van der Waals surface area contributed by atoms with Crippen molar-refractivity contribution in [1.82, 2.24) is 0 Å². The highest BCUT2D eigenvalue weighted by Crippen LogP contribution is 2.74. The summed E-state index contributed by atoms with van der Waals surface area (Å²) < 4.78 is 26.6. The van der Waals surface area contributed by atoms with Gasteiger partial charge in [0.1, 0.15) is 0 Å². The maximum atomic E-state index is 11.7. The van der Waals surface area contributed by atoms with Crippen LogP contribution < -0.4 is 0 Å².